The second kappa shape index (κ2) is 8.22. The fourth-order valence-electron chi connectivity index (χ4n) is 3.09. The Morgan fingerprint density at radius 2 is 2.07 bits per heavy atom. The van der Waals surface area contributed by atoms with E-state index in [1.54, 1.807) is 29.0 Å². The van der Waals surface area contributed by atoms with E-state index in [9.17, 15) is 4.79 Å². The summed E-state index contributed by atoms with van der Waals surface area (Å²) in [5.74, 6) is 1.01. The van der Waals surface area contributed by atoms with Crippen molar-refractivity contribution in [3.05, 3.63) is 54.4 Å². The zero-order valence-electron chi connectivity index (χ0n) is 15.5. The number of hydrogen-bond acceptors (Lipinski definition) is 7. The van der Waals surface area contributed by atoms with Gasteiger partial charge >= 0.3 is 0 Å². The highest BCUT2D eigenvalue weighted by Gasteiger charge is 2.25. The topological polar surface area (TPSA) is 95.5 Å². The van der Waals surface area contributed by atoms with Gasteiger partial charge in [-0.15, -0.1) is 0 Å². The van der Waals surface area contributed by atoms with Crippen LogP contribution >= 0.6 is 0 Å². The monoisotopic (exact) mass is 383 g/mol. The summed E-state index contributed by atoms with van der Waals surface area (Å²) in [6, 6.07) is 9.21. The van der Waals surface area contributed by atoms with Gasteiger partial charge in [-0.2, -0.15) is 5.10 Å². The molecule has 1 aliphatic heterocycles. The van der Waals surface area contributed by atoms with E-state index in [0.29, 0.717) is 24.7 Å². The molecule has 2 aromatic heterocycles. The molecule has 0 bridgehead atoms. The summed E-state index contributed by atoms with van der Waals surface area (Å²) in [5, 5.41) is 7.97. The molecule has 0 aliphatic carbocycles. The van der Waals surface area contributed by atoms with Crippen molar-refractivity contribution < 1.29 is 18.8 Å². The molecule has 0 radical (unpaired) electrons. The van der Waals surface area contributed by atoms with Gasteiger partial charge < -0.3 is 18.9 Å². The van der Waals surface area contributed by atoms with Gasteiger partial charge in [0.25, 0.3) is 5.91 Å². The van der Waals surface area contributed by atoms with Crippen LogP contribution in [0.1, 0.15) is 29.1 Å². The van der Waals surface area contributed by atoms with Crippen LogP contribution in [0.25, 0.3) is 5.69 Å². The van der Waals surface area contributed by atoms with Gasteiger partial charge in [-0.25, -0.2) is 9.67 Å². The third kappa shape index (κ3) is 4.04. The molecular formula is C19H21N5O4. The van der Waals surface area contributed by atoms with E-state index in [-0.39, 0.29) is 24.2 Å². The van der Waals surface area contributed by atoms with Gasteiger partial charge in [0, 0.05) is 32.4 Å². The predicted molar refractivity (Wildman–Crippen MR) is 98.1 cm³/mol. The van der Waals surface area contributed by atoms with Crippen LogP contribution in [0.5, 0.6) is 5.75 Å². The molecule has 0 saturated carbocycles. The number of carbonyl (C=O) groups is 1. The minimum atomic E-state index is -0.154. The third-order valence-corrected chi connectivity index (χ3v) is 4.74. The molecule has 1 amide bonds. The summed E-state index contributed by atoms with van der Waals surface area (Å²) < 4.78 is 18.0. The van der Waals surface area contributed by atoms with Crippen molar-refractivity contribution in [3.8, 4) is 11.4 Å². The highest BCUT2D eigenvalue weighted by atomic mass is 16.5. The number of amides is 1. The van der Waals surface area contributed by atoms with E-state index in [4.69, 9.17) is 14.0 Å². The smallest absolute Gasteiger partial charge is 0.276 e. The second-order valence-corrected chi connectivity index (χ2v) is 6.56. The molecule has 0 spiro atoms. The summed E-state index contributed by atoms with van der Waals surface area (Å²) in [7, 11) is 1.79. The maximum Gasteiger partial charge on any atom is 0.276 e. The van der Waals surface area contributed by atoms with Gasteiger partial charge in [0.05, 0.1) is 5.69 Å². The molecule has 3 heterocycles. The molecule has 0 atom stereocenters. The minimum absolute atomic E-state index is 0.154. The molecule has 1 aromatic carbocycles. The average Bonchev–Trinajstić information content (AvgIpc) is 3.44. The summed E-state index contributed by atoms with van der Waals surface area (Å²) in [5.41, 5.74) is 1.17. The van der Waals surface area contributed by atoms with E-state index in [0.717, 1.165) is 18.5 Å². The molecule has 146 valence electrons. The Morgan fingerprint density at radius 3 is 2.79 bits per heavy atom. The number of nitrogens with zero attached hydrogens (tertiary/aromatic N) is 5. The number of rotatable bonds is 6. The van der Waals surface area contributed by atoms with Gasteiger partial charge in [-0.3, -0.25) is 4.79 Å². The number of carbonyl (C=O) groups excluding carboxylic acids is 1. The standard InChI is InChI=1S/C19H21N5O4/c1-23(14-6-8-26-9-7-14)19(25)18-10-17(28-22-18)11-27-16-4-2-15(3-5-16)24-13-20-12-21-24/h2-5,10,12-14H,6-9,11H2,1H3. The fraction of sp³-hybridized carbons (Fsp3) is 0.368. The first-order valence-corrected chi connectivity index (χ1v) is 9.09. The molecule has 1 aliphatic rings. The lowest BCUT2D eigenvalue weighted by molar-refractivity contribution is 0.0356. The van der Waals surface area contributed by atoms with Crippen LogP contribution in [0.2, 0.25) is 0 Å². The van der Waals surface area contributed by atoms with E-state index in [2.05, 4.69) is 15.2 Å². The summed E-state index contributed by atoms with van der Waals surface area (Å²) in [6.45, 7) is 1.54. The van der Waals surface area contributed by atoms with Crippen molar-refractivity contribution in [2.75, 3.05) is 20.3 Å². The van der Waals surface area contributed by atoms with Crippen LogP contribution in [-0.4, -0.2) is 57.0 Å². The van der Waals surface area contributed by atoms with Crippen molar-refractivity contribution >= 4 is 5.91 Å². The maximum atomic E-state index is 12.6. The Bertz CT molecular complexity index is 901. The van der Waals surface area contributed by atoms with Crippen LogP contribution in [-0.2, 0) is 11.3 Å². The average molecular weight is 383 g/mol. The molecule has 9 nitrogen and oxygen atoms in total. The molecule has 3 aromatic rings. The third-order valence-electron chi connectivity index (χ3n) is 4.74. The minimum Gasteiger partial charge on any atom is -0.486 e. The molecular weight excluding hydrogens is 362 g/mol. The van der Waals surface area contributed by atoms with Crippen molar-refractivity contribution in [1.82, 2.24) is 24.8 Å². The van der Waals surface area contributed by atoms with Crippen molar-refractivity contribution in [1.29, 1.82) is 0 Å². The van der Waals surface area contributed by atoms with Crippen LogP contribution in [0.3, 0.4) is 0 Å². The molecule has 1 fully saturated rings. The van der Waals surface area contributed by atoms with Gasteiger partial charge in [0.2, 0.25) is 0 Å². The first-order valence-electron chi connectivity index (χ1n) is 9.09. The van der Waals surface area contributed by atoms with E-state index < -0.39 is 0 Å². The van der Waals surface area contributed by atoms with E-state index in [1.165, 1.54) is 6.33 Å². The number of aromatic nitrogens is 4. The van der Waals surface area contributed by atoms with Crippen molar-refractivity contribution in [2.24, 2.45) is 0 Å². The molecule has 1 saturated heterocycles. The normalized spacial score (nSPS) is 14.8. The quantitative estimate of drug-likeness (QED) is 0.643. The SMILES string of the molecule is CN(C(=O)c1cc(COc2ccc(-n3cncn3)cc2)on1)C1CCOCC1. The molecule has 9 heteroatoms. The zero-order chi connectivity index (χ0) is 19.3. The number of hydrogen-bond donors (Lipinski definition) is 0. The molecule has 4 rings (SSSR count). The fourth-order valence-corrected chi connectivity index (χ4v) is 3.09. The van der Waals surface area contributed by atoms with E-state index in [1.807, 2.05) is 24.3 Å². The van der Waals surface area contributed by atoms with E-state index >= 15 is 0 Å². The van der Waals surface area contributed by atoms with Crippen molar-refractivity contribution in [2.45, 2.75) is 25.5 Å². The van der Waals surface area contributed by atoms with Crippen LogP contribution < -0.4 is 4.74 Å². The Hall–Kier alpha value is -3.20. The zero-order valence-corrected chi connectivity index (χ0v) is 15.5. The number of ether oxygens (including phenoxy) is 2. The molecule has 0 unspecified atom stereocenters. The lowest BCUT2D eigenvalue weighted by atomic mass is 10.1. The lowest BCUT2D eigenvalue weighted by Crippen LogP contribution is -2.40. The summed E-state index contributed by atoms with van der Waals surface area (Å²) in [4.78, 5) is 18.2. The van der Waals surface area contributed by atoms with Crippen molar-refractivity contribution in [3.63, 3.8) is 0 Å². The Balaban J connectivity index is 1.33. The molecule has 0 N–H and O–H groups in total. The van der Waals surface area contributed by atoms with Crippen LogP contribution in [0, 0.1) is 0 Å². The maximum absolute atomic E-state index is 12.6. The predicted octanol–water partition coefficient (Wildman–Crippen LogP) is 2.09. The highest BCUT2D eigenvalue weighted by Crippen LogP contribution is 2.18. The first kappa shape index (κ1) is 18.2. The molecule has 28 heavy (non-hydrogen) atoms. The Morgan fingerprint density at radius 1 is 1.29 bits per heavy atom. The lowest BCUT2D eigenvalue weighted by Gasteiger charge is -2.30. The summed E-state index contributed by atoms with van der Waals surface area (Å²) >= 11 is 0. The number of benzene rings is 1. The highest BCUT2D eigenvalue weighted by molar-refractivity contribution is 5.92. The Kier molecular flexibility index (Phi) is 5.34. The van der Waals surface area contributed by atoms with Gasteiger partial charge in [-0.05, 0) is 37.1 Å². The van der Waals surface area contributed by atoms with Crippen LogP contribution in [0.4, 0.5) is 0 Å². The second-order valence-electron chi connectivity index (χ2n) is 6.56. The van der Waals surface area contributed by atoms with Gasteiger partial charge in [0.1, 0.15) is 25.0 Å². The van der Waals surface area contributed by atoms with Crippen LogP contribution in [0.15, 0.2) is 47.5 Å². The summed E-state index contributed by atoms with van der Waals surface area (Å²) in [6.07, 6.45) is 4.77. The largest absolute Gasteiger partial charge is 0.486 e. The van der Waals surface area contributed by atoms with Gasteiger partial charge in [0.15, 0.2) is 11.5 Å². The first-order chi connectivity index (χ1) is 13.7. The Labute approximate surface area is 161 Å². The van der Waals surface area contributed by atoms with Gasteiger partial charge in [-0.1, -0.05) is 5.16 Å².